The molecule has 0 bridgehead atoms. The van der Waals surface area contributed by atoms with E-state index in [4.69, 9.17) is 9.47 Å². The maximum atomic E-state index is 13.6. The van der Waals surface area contributed by atoms with Crippen molar-refractivity contribution in [3.8, 4) is 11.5 Å². The van der Waals surface area contributed by atoms with Gasteiger partial charge in [-0.05, 0) is 50.6 Å². The van der Waals surface area contributed by atoms with E-state index in [1.54, 1.807) is 51.5 Å². The fourth-order valence-corrected chi connectivity index (χ4v) is 4.05. The number of methoxy groups -OCH3 is 3. The zero-order chi connectivity index (χ0) is 29.0. The average Bonchev–Trinajstić information content (AvgIpc) is 3.37. The number of amides is 2. The number of nitrogens with zero attached hydrogens (tertiary/aromatic N) is 3. The van der Waals surface area contributed by atoms with E-state index in [0.29, 0.717) is 23.3 Å². The number of rotatable bonds is 11. The number of ether oxygens (including phenoxy) is 3. The standard InChI is InChI=1S/C26H30N4O5.C3H8O/c1-6-8-18(9-7-2)14-27-25(33)26(3)17-30-22(13-20(16-31)28-30)24(32)29(26)15-19-12-21(34-4)10-11-23(19)35-5;1-3-4-2/h6-13,16H,1,14-15,17H2,2-5H3,(H,27,33);3H2,1-2H3/b9-7-,18-8+;. The molecule has 0 radical (unpaired) electrons. The first-order valence-corrected chi connectivity index (χ1v) is 12.5. The predicted molar refractivity (Wildman–Crippen MR) is 149 cm³/mol. The average molecular weight is 539 g/mol. The first-order chi connectivity index (χ1) is 18.7. The van der Waals surface area contributed by atoms with E-state index < -0.39 is 11.4 Å². The third kappa shape index (κ3) is 7.44. The summed E-state index contributed by atoms with van der Waals surface area (Å²) < 4.78 is 16.8. The molecule has 2 aromatic rings. The molecule has 2 heterocycles. The number of carbonyl (C=O) groups is 3. The SMILES string of the molecule is C=C/C=C(\C=C/C)CNC(=O)C1(C)Cn2nc(C=O)cc2C(=O)N1Cc1cc(OC)ccc1OC.CCOC. The zero-order valence-electron chi connectivity index (χ0n) is 23.5. The Bertz CT molecular complexity index is 1230. The molecule has 1 unspecified atom stereocenters. The van der Waals surface area contributed by atoms with Gasteiger partial charge in [-0.2, -0.15) is 5.10 Å². The van der Waals surface area contributed by atoms with E-state index in [0.717, 1.165) is 12.2 Å². The molecule has 0 fully saturated rings. The van der Waals surface area contributed by atoms with Crippen LogP contribution in [-0.2, 0) is 22.6 Å². The number of carbonyl (C=O) groups excluding carboxylic acids is 3. The van der Waals surface area contributed by atoms with Crippen molar-refractivity contribution >= 4 is 18.1 Å². The summed E-state index contributed by atoms with van der Waals surface area (Å²) in [5, 5.41) is 7.13. The molecular weight excluding hydrogens is 500 g/mol. The van der Waals surface area contributed by atoms with Crippen LogP contribution in [-0.4, -0.2) is 72.8 Å². The lowest BCUT2D eigenvalue weighted by molar-refractivity contribution is -0.133. The van der Waals surface area contributed by atoms with Crippen molar-refractivity contribution < 1.29 is 28.6 Å². The molecule has 1 atom stereocenters. The Morgan fingerprint density at radius 3 is 2.51 bits per heavy atom. The second-order valence-electron chi connectivity index (χ2n) is 8.81. The van der Waals surface area contributed by atoms with Gasteiger partial charge in [0.1, 0.15) is 28.4 Å². The molecule has 1 aromatic heterocycles. The third-order valence-corrected chi connectivity index (χ3v) is 6.20. The number of aldehydes is 1. The molecule has 10 heteroatoms. The topological polar surface area (TPSA) is 112 Å². The zero-order valence-corrected chi connectivity index (χ0v) is 23.5. The van der Waals surface area contributed by atoms with E-state index in [1.165, 1.54) is 22.8 Å². The van der Waals surface area contributed by atoms with Gasteiger partial charge in [-0.1, -0.05) is 30.9 Å². The lowest BCUT2D eigenvalue weighted by Crippen LogP contribution is -2.63. The van der Waals surface area contributed by atoms with E-state index in [2.05, 4.69) is 21.7 Å². The Kier molecular flexibility index (Phi) is 11.7. The lowest BCUT2D eigenvalue weighted by atomic mass is 9.93. The Morgan fingerprint density at radius 2 is 1.95 bits per heavy atom. The van der Waals surface area contributed by atoms with Crippen LogP contribution in [0, 0.1) is 0 Å². The van der Waals surface area contributed by atoms with Crippen LogP contribution in [0.3, 0.4) is 0 Å². The Labute approximate surface area is 229 Å². The Morgan fingerprint density at radius 1 is 1.23 bits per heavy atom. The number of nitrogens with one attached hydrogen (secondary N) is 1. The predicted octanol–water partition coefficient (Wildman–Crippen LogP) is 3.58. The number of hydrogen-bond acceptors (Lipinski definition) is 7. The molecule has 3 rings (SSSR count). The van der Waals surface area contributed by atoms with E-state index in [9.17, 15) is 14.4 Å². The van der Waals surface area contributed by atoms with Crippen molar-refractivity contribution in [2.45, 2.75) is 39.4 Å². The molecule has 2 amide bonds. The molecule has 10 nitrogen and oxygen atoms in total. The van der Waals surface area contributed by atoms with Crippen molar-refractivity contribution in [3.05, 3.63) is 77.7 Å². The van der Waals surface area contributed by atoms with Crippen LogP contribution < -0.4 is 14.8 Å². The number of benzene rings is 1. The summed E-state index contributed by atoms with van der Waals surface area (Å²) >= 11 is 0. The van der Waals surface area contributed by atoms with Gasteiger partial charge in [0, 0.05) is 25.8 Å². The summed E-state index contributed by atoms with van der Waals surface area (Å²) in [5.41, 5.74) is 0.579. The van der Waals surface area contributed by atoms with Gasteiger partial charge in [-0.25, -0.2) is 0 Å². The molecule has 0 saturated heterocycles. The third-order valence-electron chi connectivity index (χ3n) is 6.20. The second kappa shape index (κ2) is 14.7. The molecule has 0 saturated carbocycles. The van der Waals surface area contributed by atoms with Gasteiger partial charge in [0.25, 0.3) is 5.91 Å². The lowest BCUT2D eigenvalue weighted by Gasteiger charge is -2.43. The fourth-order valence-electron chi connectivity index (χ4n) is 4.05. The Balaban J connectivity index is 0.00000124. The van der Waals surface area contributed by atoms with Gasteiger partial charge in [0.15, 0.2) is 6.29 Å². The highest BCUT2D eigenvalue weighted by molar-refractivity contribution is 6.00. The van der Waals surface area contributed by atoms with Crippen LogP contribution in [0.4, 0.5) is 0 Å². The van der Waals surface area contributed by atoms with Crippen LogP contribution in [0.5, 0.6) is 11.5 Å². The summed E-state index contributed by atoms with van der Waals surface area (Å²) in [6.07, 6.45) is 7.76. The van der Waals surface area contributed by atoms with Gasteiger partial charge in [0.2, 0.25) is 5.91 Å². The van der Waals surface area contributed by atoms with Gasteiger partial charge in [-0.15, -0.1) is 0 Å². The van der Waals surface area contributed by atoms with Gasteiger partial charge >= 0.3 is 0 Å². The maximum absolute atomic E-state index is 13.6. The van der Waals surface area contributed by atoms with E-state index in [1.807, 2.05) is 26.0 Å². The number of allylic oxidation sites excluding steroid dienone is 3. The summed E-state index contributed by atoms with van der Waals surface area (Å²) in [5.74, 6) is 0.365. The monoisotopic (exact) mass is 538 g/mol. The van der Waals surface area contributed by atoms with Crippen LogP contribution in [0.15, 0.2) is 60.7 Å². The summed E-state index contributed by atoms with van der Waals surface area (Å²) in [6.45, 7) is 10.5. The van der Waals surface area contributed by atoms with Gasteiger partial charge < -0.3 is 24.4 Å². The molecule has 39 heavy (non-hydrogen) atoms. The van der Waals surface area contributed by atoms with E-state index in [-0.39, 0.29) is 36.9 Å². The van der Waals surface area contributed by atoms with Crippen molar-refractivity contribution in [1.29, 1.82) is 0 Å². The summed E-state index contributed by atoms with van der Waals surface area (Å²) in [6, 6.07) is 6.70. The largest absolute Gasteiger partial charge is 0.497 e. The molecular formula is C29H38N4O6. The minimum atomic E-state index is -1.31. The van der Waals surface area contributed by atoms with Gasteiger partial charge in [0.05, 0.1) is 27.3 Å². The minimum absolute atomic E-state index is 0.0736. The molecule has 0 spiro atoms. The number of aromatic nitrogens is 2. The molecule has 0 aliphatic carbocycles. The quantitative estimate of drug-likeness (QED) is 0.344. The minimum Gasteiger partial charge on any atom is -0.497 e. The summed E-state index contributed by atoms with van der Waals surface area (Å²) in [7, 11) is 4.77. The Hall–Kier alpha value is -4.18. The maximum Gasteiger partial charge on any atom is 0.273 e. The molecule has 1 N–H and O–H groups in total. The van der Waals surface area contributed by atoms with Crippen molar-refractivity contribution in [3.63, 3.8) is 0 Å². The van der Waals surface area contributed by atoms with Crippen LogP contribution in [0.25, 0.3) is 0 Å². The van der Waals surface area contributed by atoms with Crippen LogP contribution in [0.1, 0.15) is 47.3 Å². The fraction of sp³-hybridized carbons (Fsp3) is 0.379. The van der Waals surface area contributed by atoms with E-state index >= 15 is 0 Å². The number of fused-ring (bicyclic) bond motifs is 1. The van der Waals surface area contributed by atoms with Crippen LogP contribution >= 0.6 is 0 Å². The molecule has 210 valence electrons. The van der Waals surface area contributed by atoms with Crippen molar-refractivity contribution in [2.24, 2.45) is 0 Å². The molecule has 1 aromatic carbocycles. The molecule has 1 aliphatic heterocycles. The summed E-state index contributed by atoms with van der Waals surface area (Å²) in [4.78, 5) is 40.0. The molecule has 1 aliphatic rings. The first-order valence-electron chi connectivity index (χ1n) is 12.5. The second-order valence-corrected chi connectivity index (χ2v) is 8.81. The van der Waals surface area contributed by atoms with Crippen LogP contribution in [0.2, 0.25) is 0 Å². The smallest absolute Gasteiger partial charge is 0.273 e. The van der Waals surface area contributed by atoms with Crippen molar-refractivity contribution in [2.75, 3.05) is 34.5 Å². The highest BCUT2D eigenvalue weighted by Gasteiger charge is 2.48. The first kappa shape index (κ1) is 31.0. The normalized spacial score (nSPS) is 16.7. The number of hydrogen-bond donors (Lipinski definition) is 1. The highest BCUT2D eigenvalue weighted by Crippen LogP contribution is 2.33. The highest BCUT2D eigenvalue weighted by atomic mass is 16.5. The van der Waals surface area contributed by atoms with Crippen molar-refractivity contribution in [1.82, 2.24) is 20.0 Å². The van der Waals surface area contributed by atoms with Gasteiger partial charge in [-0.3, -0.25) is 19.1 Å².